The SMILES string of the molecule is CCC1CCC(c2ccc(-c3ccc(C(=O)Oc4ccc(C5CO5)c(F)c4F)cc3)c(F)c2F)CC1. The number of hydrogen-bond donors (Lipinski definition) is 0. The monoisotopic (exact) mass is 498 g/mol. The molecule has 0 aromatic heterocycles. The first-order chi connectivity index (χ1) is 17.4. The van der Waals surface area contributed by atoms with E-state index in [1.54, 1.807) is 12.1 Å². The molecule has 7 heteroatoms. The van der Waals surface area contributed by atoms with Crippen LogP contribution in [-0.2, 0) is 4.74 Å². The maximum absolute atomic E-state index is 15.0. The van der Waals surface area contributed by atoms with Crippen LogP contribution in [0.2, 0.25) is 0 Å². The highest BCUT2D eigenvalue weighted by Gasteiger charge is 2.31. The van der Waals surface area contributed by atoms with Crippen LogP contribution >= 0.6 is 0 Å². The van der Waals surface area contributed by atoms with Crippen molar-refractivity contribution in [2.45, 2.75) is 51.0 Å². The van der Waals surface area contributed by atoms with Crippen molar-refractivity contribution in [2.75, 3.05) is 6.61 Å². The Hall–Kier alpha value is -3.19. The zero-order chi connectivity index (χ0) is 25.4. The van der Waals surface area contributed by atoms with Crippen molar-refractivity contribution in [1.29, 1.82) is 0 Å². The molecule has 3 aromatic carbocycles. The highest BCUT2D eigenvalue weighted by Crippen LogP contribution is 2.40. The van der Waals surface area contributed by atoms with Gasteiger partial charge in [0.1, 0.15) is 6.10 Å². The molecule has 0 N–H and O–H groups in total. The van der Waals surface area contributed by atoms with E-state index < -0.39 is 41.1 Å². The molecule has 1 aliphatic heterocycles. The van der Waals surface area contributed by atoms with Gasteiger partial charge in [-0.05, 0) is 72.9 Å². The average Bonchev–Trinajstić information content (AvgIpc) is 3.74. The molecule has 1 saturated carbocycles. The van der Waals surface area contributed by atoms with E-state index in [1.165, 1.54) is 36.4 Å². The molecule has 0 bridgehead atoms. The normalized spacial score (nSPS) is 21.3. The molecular weight excluding hydrogens is 472 g/mol. The fraction of sp³-hybridized carbons (Fsp3) is 0.345. The lowest BCUT2D eigenvalue weighted by Gasteiger charge is -2.28. The molecule has 36 heavy (non-hydrogen) atoms. The summed E-state index contributed by atoms with van der Waals surface area (Å²) in [5.41, 5.74) is 1.02. The van der Waals surface area contributed by atoms with Gasteiger partial charge in [0, 0.05) is 11.1 Å². The molecule has 2 fully saturated rings. The first-order valence-electron chi connectivity index (χ1n) is 12.3. The summed E-state index contributed by atoms with van der Waals surface area (Å²) in [6, 6.07) is 11.4. The van der Waals surface area contributed by atoms with Crippen molar-refractivity contribution in [1.82, 2.24) is 0 Å². The lowest BCUT2D eigenvalue weighted by atomic mass is 9.77. The lowest BCUT2D eigenvalue weighted by Crippen LogP contribution is -2.14. The van der Waals surface area contributed by atoms with E-state index in [0.717, 1.165) is 32.1 Å². The molecule has 0 amide bonds. The second kappa shape index (κ2) is 10.1. The maximum atomic E-state index is 15.0. The number of epoxide rings is 1. The van der Waals surface area contributed by atoms with Gasteiger partial charge in [-0.25, -0.2) is 18.0 Å². The Kier molecular flexibility index (Phi) is 6.84. The Labute approximate surface area is 207 Å². The summed E-state index contributed by atoms with van der Waals surface area (Å²) in [5, 5.41) is 0. The third-order valence-corrected chi connectivity index (χ3v) is 7.37. The van der Waals surface area contributed by atoms with E-state index in [4.69, 9.17) is 9.47 Å². The van der Waals surface area contributed by atoms with Crippen LogP contribution in [0.15, 0.2) is 48.5 Å². The van der Waals surface area contributed by atoms with Gasteiger partial charge in [-0.2, -0.15) is 4.39 Å². The molecule has 1 saturated heterocycles. The molecule has 2 aliphatic rings. The average molecular weight is 499 g/mol. The van der Waals surface area contributed by atoms with Crippen LogP contribution in [0.3, 0.4) is 0 Å². The first-order valence-corrected chi connectivity index (χ1v) is 12.3. The van der Waals surface area contributed by atoms with Gasteiger partial charge in [0.25, 0.3) is 0 Å². The summed E-state index contributed by atoms with van der Waals surface area (Å²) >= 11 is 0. The fourth-order valence-electron chi connectivity index (χ4n) is 5.03. The Bertz CT molecular complexity index is 1280. The number of benzene rings is 3. The minimum Gasteiger partial charge on any atom is -0.420 e. The van der Waals surface area contributed by atoms with Gasteiger partial charge in [-0.3, -0.25) is 0 Å². The molecule has 1 unspecified atom stereocenters. The standard InChI is InChI=1S/C29H26F4O3/c1-2-16-3-5-17(6-4-16)20-11-12-21(26(31)25(20)30)18-7-9-19(10-8-18)29(34)36-23-14-13-22(24-15-35-24)27(32)28(23)33/h7-14,16-17,24H,2-6,15H2,1H3. The minimum absolute atomic E-state index is 0.0181. The van der Waals surface area contributed by atoms with Crippen molar-refractivity contribution < 1.29 is 31.8 Å². The largest absolute Gasteiger partial charge is 0.420 e. The summed E-state index contributed by atoms with van der Waals surface area (Å²) in [4.78, 5) is 12.5. The van der Waals surface area contributed by atoms with Crippen LogP contribution in [-0.4, -0.2) is 12.6 Å². The van der Waals surface area contributed by atoms with E-state index in [0.29, 0.717) is 23.7 Å². The smallest absolute Gasteiger partial charge is 0.343 e. The minimum atomic E-state index is -1.27. The van der Waals surface area contributed by atoms with E-state index >= 15 is 4.39 Å². The molecule has 188 valence electrons. The number of esters is 1. The fourth-order valence-corrected chi connectivity index (χ4v) is 5.03. The summed E-state index contributed by atoms with van der Waals surface area (Å²) in [6.07, 6.45) is 4.39. The van der Waals surface area contributed by atoms with E-state index in [2.05, 4.69) is 6.92 Å². The molecule has 1 aliphatic carbocycles. The maximum Gasteiger partial charge on any atom is 0.343 e. The summed E-state index contributed by atoms with van der Waals surface area (Å²) in [6.45, 7) is 2.47. The van der Waals surface area contributed by atoms with Gasteiger partial charge >= 0.3 is 5.97 Å². The molecule has 5 rings (SSSR count). The van der Waals surface area contributed by atoms with Crippen LogP contribution in [0.1, 0.15) is 72.5 Å². The Morgan fingerprint density at radius 1 is 0.833 bits per heavy atom. The van der Waals surface area contributed by atoms with Crippen molar-refractivity contribution in [3.05, 3.63) is 88.5 Å². The summed E-state index contributed by atoms with van der Waals surface area (Å²) in [5.74, 6) is -4.89. The zero-order valence-electron chi connectivity index (χ0n) is 19.8. The predicted molar refractivity (Wildman–Crippen MR) is 127 cm³/mol. The molecule has 1 heterocycles. The van der Waals surface area contributed by atoms with Gasteiger partial charge in [0.2, 0.25) is 5.82 Å². The van der Waals surface area contributed by atoms with Crippen LogP contribution in [0.4, 0.5) is 17.6 Å². The number of carbonyl (C=O) groups is 1. The third kappa shape index (κ3) is 4.76. The van der Waals surface area contributed by atoms with Crippen LogP contribution in [0.25, 0.3) is 11.1 Å². The zero-order valence-corrected chi connectivity index (χ0v) is 19.8. The van der Waals surface area contributed by atoms with Gasteiger partial charge in [-0.15, -0.1) is 0 Å². The van der Waals surface area contributed by atoms with Crippen LogP contribution in [0.5, 0.6) is 5.75 Å². The topological polar surface area (TPSA) is 38.8 Å². The quantitative estimate of drug-likeness (QED) is 0.150. The van der Waals surface area contributed by atoms with Gasteiger partial charge in [-0.1, -0.05) is 37.6 Å². The molecule has 0 spiro atoms. The van der Waals surface area contributed by atoms with E-state index in [1.807, 2.05) is 0 Å². The van der Waals surface area contributed by atoms with Crippen molar-refractivity contribution >= 4 is 5.97 Å². The highest BCUT2D eigenvalue weighted by atomic mass is 19.2. The Morgan fingerprint density at radius 2 is 1.47 bits per heavy atom. The van der Waals surface area contributed by atoms with Crippen LogP contribution in [0, 0.1) is 29.2 Å². The summed E-state index contributed by atoms with van der Waals surface area (Å²) < 4.78 is 68.5. The molecular formula is C29H26F4O3. The van der Waals surface area contributed by atoms with Crippen molar-refractivity contribution in [3.63, 3.8) is 0 Å². The van der Waals surface area contributed by atoms with Crippen molar-refractivity contribution in [3.8, 4) is 16.9 Å². The predicted octanol–water partition coefficient (Wildman–Crippen LogP) is 7.88. The number of carbonyl (C=O) groups excluding carboxylic acids is 1. The molecule has 0 radical (unpaired) electrons. The summed E-state index contributed by atoms with van der Waals surface area (Å²) in [7, 11) is 0. The second-order valence-electron chi connectivity index (χ2n) is 9.53. The Morgan fingerprint density at radius 3 is 2.11 bits per heavy atom. The van der Waals surface area contributed by atoms with Crippen molar-refractivity contribution in [2.24, 2.45) is 5.92 Å². The number of hydrogen-bond acceptors (Lipinski definition) is 3. The second-order valence-corrected chi connectivity index (χ2v) is 9.53. The number of rotatable bonds is 6. The van der Waals surface area contributed by atoms with E-state index in [-0.39, 0.29) is 22.6 Å². The van der Waals surface area contributed by atoms with Gasteiger partial charge in [0.05, 0.1) is 12.2 Å². The number of halogens is 4. The van der Waals surface area contributed by atoms with E-state index in [9.17, 15) is 18.0 Å². The van der Waals surface area contributed by atoms with Crippen LogP contribution < -0.4 is 4.74 Å². The molecule has 3 nitrogen and oxygen atoms in total. The van der Waals surface area contributed by atoms with Gasteiger partial charge in [0.15, 0.2) is 23.2 Å². The molecule has 1 atom stereocenters. The highest BCUT2D eigenvalue weighted by molar-refractivity contribution is 5.91. The lowest BCUT2D eigenvalue weighted by molar-refractivity contribution is 0.0726. The number of ether oxygens (including phenoxy) is 2. The first kappa shape index (κ1) is 24.5. The van der Waals surface area contributed by atoms with Gasteiger partial charge < -0.3 is 9.47 Å². The molecule has 3 aromatic rings. The Balaban J connectivity index is 1.30. The third-order valence-electron chi connectivity index (χ3n) is 7.37.